The zero-order valence-electron chi connectivity index (χ0n) is 73.0. The molecular formula is C81H62N15Na8O25PS3. The van der Waals surface area contributed by atoms with Gasteiger partial charge in [0.15, 0.2) is 17.2 Å². The number of anilines is 3. The van der Waals surface area contributed by atoms with E-state index < -0.39 is 41.9 Å². The zero-order valence-corrected chi connectivity index (χ0v) is 92.3. The maximum absolute atomic E-state index is 11.4. The number of azo groups is 6. The average molecular weight is 1960 g/mol. The van der Waals surface area contributed by atoms with E-state index in [4.69, 9.17) is 36.1 Å². The van der Waals surface area contributed by atoms with Gasteiger partial charge in [-0.25, -0.2) is 0 Å². The third kappa shape index (κ3) is 33.2. The molecule has 13 aromatic carbocycles. The Morgan fingerprint density at radius 1 is 0.331 bits per heavy atom. The van der Waals surface area contributed by atoms with Crippen LogP contribution in [0.4, 0.5) is 85.3 Å². The molecule has 52 heteroatoms. The Balaban J connectivity index is 0.000000499. The van der Waals surface area contributed by atoms with E-state index in [1.54, 1.807) is 149 Å². The third-order valence-corrected chi connectivity index (χ3v) is 19.8. The molecule has 0 aliphatic carbocycles. The van der Waals surface area contributed by atoms with Crippen molar-refractivity contribution < 1.29 is 359 Å². The molecule has 13 aromatic rings. The number of phenolic OH excluding ortho intramolecular Hbond substituents is 3. The van der Waals surface area contributed by atoms with Crippen molar-refractivity contribution in [2.24, 2.45) is 61.4 Å². The largest absolute Gasteiger partial charge is 1.00 e. The molecule has 0 fully saturated rings. The van der Waals surface area contributed by atoms with Gasteiger partial charge in [0.25, 0.3) is 0 Å². The summed E-state index contributed by atoms with van der Waals surface area (Å²) in [5.41, 5.74) is 20.1. The number of ether oxygens (including phenoxy) is 4. The van der Waals surface area contributed by atoms with Crippen LogP contribution in [-0.4, -0.2) is 59.7 Å². The fourth-order valence-electron chi connectivity index (χ4n) is 11.6. The molecule has 642 valence electrons. The van der Waals surface area contributed by atoms with Crippen LogP contribution in [0.1, 0.15) is 58.8 Å². The molecular weight excluding hydrogens is 1890 g/mol. The number of carboxylic acids is 3. The Labute approximate surface area is 945 Å². The minimum atomic E-state index is -4.97. The van der Waals surface area contributed by atoms with Gasteiger partial charge in [0.05, 0.1) is 124 Å². The number of hydrogen-bond donors (Lipinski definition) is 6. The van der Waals surface area contributed by atoms with Crippen molar-refractivity contribution in [1.82, 2.24) is 0 Å². The summed E-state index contributed by atoms with van der Waals surface area (Å²) >= 11 is 1.62. The fraction of sp³-hybridized carbons (Fsp3) is 0.0988. The molecule has 40 nitrogen and oxygen atoms in total. The number of aromatic carboxylic acids is 3. The van der Waals surface area contributed by atoms with E-state index in [1.807, 2.05) is 0 Å². The number of nitrogens with zero attached hydrogens (tertiary/aromatic N) is 12. The van der Waals surface area contributed by atoms with Crippen LogP contribution in [0, 0.1) is 0 Å². The molecule has 0 saturated carbocycles. The van der Waals surface area contributed by atoms with E-state index in [0.717, 1.165) is 24.3 Å². The molecule has 0 aliphatic heterocycles. The van der Waals surface area contributed by atoms with E-state index in [2.05, 4.69) is 89.5 Å². The van der Waals surface area contributed by atoms with Crippen molar-refractivity contribution in [3.63, 3.8) is 0 Å². The number of benzene rings is 13. The molecule has 13 rings (SSSR count). The first-order chi connectivity index (χ1) is 60.2. The van der Waals surface area contributed by atoms with Gasteiger partial charge in [0.2, 0.25) is 0 Å². The third-order valence-electron chi connectivity index (χ3n) is 17.1. The van der Waals surface area contributed by atoms with Crippen LogP contribution in [0.3, 0.4) is 0 Å². The number of nitrogens with two attached hydrogens (primary N) is 3. The summed E-state index contributed by atoms with van der Waals surface area (Å²) in [5, 5.41) is 163. The number of nitrogen functional groups attached to an aromatic ring is 3. The molecule has 0 unspecified atom stereocenters. The van der Waals surface area contributed by atoms with Gasteiger partial charge in [-0.05, 0) is 172 Å². The van der Waals surface area contributed by atoms with Crippen molar-refractivity contribution in [3.8, 4) is 40.2 Å². The Morgan fingerprint density at radius 3 is 0.955 bits per heavy atom. The maximum Gasteiger partial charge on any atom is 1.00 e. The number of aromatic hydroxyl groups is 3. The van der Waals surface area contributed by atoms with Crippen molar-refractivity contribution >= 4 is 195 Å². The van der Waals surface area contributed by atoms with Crippen LogP contribution < -0.4 is 319 Å². The summed E-state index contributed by atoms with van der Waals surface area (Å²) in [6.45, 7) is 8.11. The SMILES string of the molecule is CCOc1cc(N=Nc2c(SOO[O-])cc3ccc(N)cc3c2O)c(OCC)cc1N=Nc1cccc(C(=O)[O-])c1.CCOc1cc(N=Nc2c(SOO[O-])cc3ccc(N)cc3c2O)c(OCC)cc1N=Nc1cccc(P(=O)([O-])[O-])c1.Nc1ccc2cc(SOO[O-])c(N=Nc3ccc(N=Nc4cc(C(=O)[O-])cc(C(=O)[O-])c4)c4ccccc34)c(O)c2c1.[Na+].[Na+].[Na+].[Na+].[Na+].[Na+].[Na+].[Na+]. The van der Waals surface area contributed by atoms with Gasteiger partial charge in [0, 0.05) is 79.4 Å². The monoisotopic (exact) mass is 1960 g/mol. The van der Waals surface area contributed by atoms with E-state index in [0.29, 0.717) is 108 Å². The van der Waals surface area contributed by atoms with Crippen molar-refractivity contribution in [1.29, 1.82) is 0 Å². The van der Waals surface area contributed by atoms with Crippen LogP contribution in [0.5, 0.6) is 40.2 Å². The molecule has 0 heterocycles. The molecule has 0 amide bonds. The van der Waals surface area contributed by atoms with Gasteiger partial charge in [0.1, 0.15) is 62.8 Å². The summed E-state index contributed by atoms with van der Waals surface area (Å²) < 4.78 is 47.7. The topological polar surface area (TPSA) is 632 Å². The molecule has 0 radical (unpaired) electrons. The van der Waals surface area contributed by atoms with Gasteiger partial charge in [-0.3, -0.25) is 15.1 Å². The summed E-state index contributed by atoms with van der Waals surface area (Å²) in [6, 6.07) is 49.9. The van der Waals surface area contributed by atoms with Gasteiger partial charge in [-0.15, -0.1) is 46.0 Å². The number of carboxylic acid groups (broad SMARTS) is 3. The quantitative estimate of drug-likeness (QED) is 0.00423. The Morgan fingerprint density at radius 2 is 0.632 bits per heavy atom. The Kier molecular flexibility index (Phi) is 53.9. The second-order valence-corrected chi connectivity index (χ2v) is 28.9. The van der Waals surface area contributed by atoms with Gasteiger partial charge < -0.3 is 111 Å². The second-order valence-electron chi connectivity index (χ2n) is 25.2. The van der Waals surface area contributed by atoms with Crippen LogP contribution in [-0.2, 0) is 32.7 Å². The predicted molar refractivity (Wildman–Crippen MR) is 440 cm³/mol. The summed E-state index contributed by atoms with van der Waals surface area (Å²) in [5.74, 6) is -4.22. The van der Waals surface area contributed by atoms with Crippen LogP contribution >= 0.6 is 43.7 Å². The molecule has 0 bridgehead atoms. The normalized spacial score (nSPS) is 11.0. The van der Waals surface area contributed by atoms with Crippen LogP contribution in [0.15, 0.2) is 276 Å². The molecule has 9 N–H and O–H groups in total. The van der Waals surface area contributed by atoms with Crippen molar-refractivity contribution in [2.45, 2.75) is 42.4 Å². The fourth-order valence-corrected chi connectivity index (χ4v) is 13.6. The standard InChI is InChI=1S/C28H19N5O8S.C27H25N5O8S.C26H26N5O9PS.8Na/c29-17-6-5-14-12-24(42-41-40-39)25(26(34)21(14)13-17)33-32-23-8-7-22(19-3-1-2-4-20(19)23)31-30-18-10-15(27(35)36)9-16(11-18)28(37)38;1-3-37-22-14-21(23(38-4-2)13-20(22)30-29-18-7-5-6-16(10-18)27(34)35)31-32-25-24(41-40-39-36)11-15-8-9-17(28)12-19(15)26(25)33;1-3-37-22-14-21(23(38-4-2)13-20(22)29-28-17-6-5-7-18(12-17)41(34,35)36)30-31-25-24(42-40-39-33)10-15-8-9-16(27)11-19(15)26(25)32;;;;;;;;/h1-13,34,39H,29H2,(H,35,36)(H,37,38);5-14,33,36H,3-4,28H2,1-2H3,(H,34,35);5-14,32-33H,3-4,27H2,1-2H3,(H2,34,35,36);;;;;;;;/q;;;8*+1/p-8. The van der Waals surface area contributed by atoms with E-state index in [9.17, 15) is 75.1 Å². The van der Waals surface area contributed by atoms with Gasteiger partial charge in [-0.2, -0.15) is 28.3 Å². The van der Waals surface area contributed by atoms with E-state index in [-0.39, 0.29) is 380 Å². The van der Waals surface area contributed by atoms with Gasteiger partial charge >= 0.3 is 236 Å². The Hall–Kier alpha value is -6.25. The number of rotatable bonds is 33. The molecule has 133 heavy (non-hydrogen) atoms. The van der Waals surface area contributed by atoms with Crippen molar-refractivity contribution in [2.75, 3.05) is 43.6 Å². The number of carbonyl (C=O) groups excluding carboxylic acids is 3. The molecule has 0 spiro atoms. The average Bonchev–Trinajstić information content (AvgIpc) is 0.786. The second kappa shape index (κ2) is 59.2. The number of hydrogen-bond acceptors (Lipinski definition) is 43. The number of fused-ring (bicyclic) bond motifs is 4. The molecule has 0 aromatic heterocycles. The summed E-state index contributed by atoms with van der Waals surface area (Å²) in [4.78, 5) is 57.2. The predicted octanol–water partition coefficient (Wildman–Crippen LogP) is -10.0. The van der Waals surface area contributed by atoms with Crippen LogP contribution in [0.25, 0.3) is 43.1 Å². The zero-order chi connectivity index (χ0) is 89.4. The van der Waals surface area contributed by atoms with E-state index in [1.165, 1.54) is 54.6 Å². The molecule has 0 atom stereocenters. The smallest absolute Gasteiger partial charge is 0.807 e. The molecule has 0 aliphatic rings. The summed E-state index contributed by atoms with van der Waals surface area (Å²) in [6.07, 6.45) is 0. The van der Waals surface area contributed by atoms with E-state index >= 15 is 0 Å². The number of carbonyl (C=O) groups is 3. The first-order valence-electron chi connectivity index (χ1n) is 36.2. The first-order valence-corrected chi connectivity index (χ1v) is 40.0. The minimum absolute atomic E-state index is 0. The van der Waals surface area contributed by atoms with Crippen LogP contribution in [0.2, 0.25) is 0 Å². The maximum atomic E-state index is 11.4. The Bertz CT molecular complexity index is 6480. The number of phenols is 3. The molecule has 0 saturated heterocycles. The van der Waals surface area contributed by atoms with Crippen molar-refractivity contribution in [3.05, 3.63) is 217 Å². The van der Waals surface area contributed by atoms with Gasteiger partial charge in [-0.1, -0.05) is 66.7 Å². The first kappa shape index (κ1) is 121. The summed E-state index contributed by atoms with van der Waals surface area (Å²) in [7, 11) is -4.97. The minimum Gasteiger partial charge on any atom is -0.807 e.